The number of piperidine rings is 1. The summed E-state index contributed by atoms with van der Waals surface area (Å²) < 4.78 is 0. The Hall–Kier alpha value is -1.17. The second kappa shape index (κ2) is 5.55. The van der Waals surface area contributed by atoms with Gasteiger partial charge in [-0.05, 0) is 25.0 Å². The number of anilines is 1. The second-order valence-electron chi connectivity index (χ2n) is 5.67. The van der Waals surface area contributed by atoms with Crippen molar-refractivity contribution in [2.24, 2.45) is 0 Å². The number of rotatable bonds is 2. The van der Waals surface area contributed by atoms with Crippen LogP contribution in [0.25, 0.3) is 10.6 Å². The Balaban J connectivity index is 1.62. The van der Waals surface area contributed by atoms with Crippen LogP contribution in [0.3, 0.4) is 0 Å². The quantitative estimate of drug-likeness (QED) is 0.851. The molecule has 4 heterocycles. The Bertz CT molecular complexity index is 636. The largest absolute Gasteiger partial charge is 0.342 e. The molecule has 2 aromatic rings. The van der Waals surface area contributed by atoms with Crippen LogP contribution >= 0.6 is 22.9 Å². The first-order valence-electron chi connectivity index (χ1n) is 7.38. The number of nitrogens with zero attached hydrogens (tertiary/aromatic N) is 4. The summed E-state index contributed by atoms with van der Waals surface area (Å²) in [7, 11) is 0. The minimum atomic E-state index is 0.629. The molecule has 0 unspecified atom stereocenters. The molecule has 4 nitrogen and oxygen atoms in total. The Kier molecular flexibility index (Phi) is 3.57. The lowest BCUT2D eigenvalue weighted by Crippen LogP contribution is -2.37. The van der Waals surface area contributed by atoms with Gasteiger partial charge in [-0.25, -0.2) is 0 Å². The third-order valence-corrected chi connectivity index (χ3v) is 5.63. The van der Waals surface area contributed by atoms with E-state index in [1.807, 2.05) is 24.3 Å². The lowest BCUT2D eigenvalue weighted by atomic mass is 10.1. The van der Waals surface area contributed by atoms with Crippen molar-refractivity contribution in [2.75, 3.05) is 31.1 Å². The van der Waals surface area contributed by atoms with Gasteiger partial charge >= 0.3 is 0 Å². The third kappa shape index (κ3) is 2.65. The minimum absolute atomic E-state index is 0.629. The summed E-state index contributed by atoms with van der Waals surface area (Å²) in [6, 6.07) is 8.46. The minimum Gasteiger partial charge on any atom is -0.342 e. The van der Waals surface area contributed by atoms with Crippen LogP contribution < -0.4 is 4.90 Å². The number of halogens is 1. The first-order chi connectivity index (χ1) is 10.3. The summed E-state index contributed by atoms with van der Waals surface area (Å²) in [5.74, 6) is 0. The summed E-state index contributed by atoms with van der Waals surface area (Å²) in [5.41, 5.74) is 1.05. The molecule has 0 radical (unpaired) electrons. The molecule has 6 heteroatoms. The molecule has 0 atom stereocenters. The van der Waals surface area contributed by atoms with Gasteiger partial charge in [0.25, 0.3) is 0 Å². The Morgan fingerprint density at radius 1 is 1.10 bits per heavy atom. The van der Waals surface area contributed by atoms with Gasteiger partial charge in [0.1, 0.15) is 5.01 Å². The van der Waals surface area contributed by atoms with Crippen molar-refractivity contribution in [1.82, 2.24) is 15.1 Å². The van der Waals surface area contributed by atoms with Crippen molar-refractivity contribution >= 4 is 28.1 Å². The van der Waals surface area contributed by atoms with E-state index < -0.39 is 0 Å². The second-order valence-corrected chi connectivity index (χ2v) is 7.06. The number of benzene rings is 1. The van der Waals surface area contributed by atoms with Gasteiger partial charge in [0.05, 0.1) is 0 Å². The fraction of sp³-hybridized carbons (Fsp3) is 0.467. The molecule has 0 spiro atoms. The van der Waals surface area contributed by atoms with Crippen LogP contribution in [-0.2, 0) is 0 Å². The van der Waals surface area contributed by atoms with Gasteiger partial charge in [-0.3, -0.25) is 0 Å². The highest BCUT2D eigenvalue weighted by Gasteiger charge is 2.30. The lowest BCUT2D eigenvalue weighted by Gasteiger charge is -2.30. The van der Waals surface area contributed by atoms with E-state index in [0.717, 1.165) is 33.8 Å². The molecule has 0 saturated carbocycles. The maximum absolute atomic E-state index is 6.06. The molecule has 0 amide bonds. The van der Waals surface area contributed by atoms with E-state index in [1.165, 1.54) is 25.9 Å². The maximum atomic E-state index is 6.06. The summed E-state index contributed by atoms with van der Waals surface area (Å²) >= 11 is 7.74. The standard InChI is InChI=1S/C15H17ClN4S/c16-12-3-1-2-11(10-12)14-17-18-15(21-14)20-9-8-19-6-4-13(20)5-7-19/h1-3,10,13H,4-9H2. The molecular weight excluding hydrogens is 304 g/mol. The Morgan fingerprint density at radius 2 is 1.95 bits per heavy atom. The molecule has 3 aliphatic rings. The summed E-state index contributed by atoms with van der Waals surface area (Å²) in [4.78, 5) is 5.01. The Labute approximate surface area is 133 Å². The van der Waals surface area contributed by atoms with Crippen molar-refractivity contribution < 1.29 is 0 Å². The molecular formula is C15H17ClN4S. The molecule has 0 N–H and O–H groups in total. The van der Waals surface area contributed by atoms with Gasteiger partial charge in [0.15, 0.2) is 0 Å². The monoisotopic (exact) mass is 320 g/mol. The first-order valence-corrected chi connectivity index (χ1v) is 8.57. The fourth-order valence-electron chi connectivity index (χ4n) is 3.21. The average molecular weight is 321 g/mol. The zero-order valence-electron chi connectivity index (χ0n) is 11.7. The number of fused-ring (bicyclic) bond motifs is 4. The van der Waals surface area contributed by atoms with Gasteiger partial charge in [0, 0.05) is 42.8 Å². The third-order valence-electron chi connectivity index (χ3n) is 4.39. The molecule has 0 aliphatic carbocycles. The zero-order valence-corrected chi connectivity index (χ0v) is 13.3. The summed E-state index contributed by atoms with van der Waals surface area (Å²) in [5, 5.41) is 11.6. The van der Waals surface area contributed by atoms with Crippen LogP contribution in [0, 0.1) is 0 Å². The van der Waals surface area contributed by atoms with E-state index in [0.29, 0.717) is 6.04 Å². The van der Waals surface area contributed by atoms with Crippen LogP contribution in [-0.4, -0.2) is 47.3 Å². The van der Waals surface area contributed by atoms with Crippen molar-refractivity contribution in [2.45, 2.75) is 18.9 Å². The topological polar surface area (TPSA) is 32.3 Å². The smallest absolute Gasteiger partial charge is 0.208 e. The molecule has 5 rings (SSSR count). The van der Waals surface area contributed by atoms with Gasteiger partial charge < -0.3 is 9.80 Å². The van der Waals surface area contributed by atoms with E-state index in [4.69, 9.17) is 11.6 Å². The number of hydrogen-bond donors (Lipinski definition) is 0. The number of hydrogen-bond acceptors (Lipinski definition) is 5. The predicted octanol–water partition coefficient (Wildman–Crippen LogP) is 3.14. The van der Waals surface area contributed by atoms with Crippen LogP contribution in [0.2, 0.25) is 5.02 Å². The number of aromatic nitrogens is 2. The molecule has 3 aliphatic heterocycles. The van der Waals surface area contributed by atoms with E-state index in [1.54, 1.807) is 11.3 Å². The maximum Gasteiger partial charge on any atom is 0.208 e. The average Bonchev–Trinajstić information content (AvgIpc) is 2.80. The van der Waals surface area contributed by atoms with Crippen LogP contribution in [0.5, 0.6) is 0 Å². The van der Waals surface area contributed by atoms with Gasteiger partial charge in [-0.15, -0.1) is 10.2 Å². The molecule has 1 aromatic carbocycles. The summed E-state index contributed by atoms with van der Waals surface area (Å²) in [6.07, 6.45) is 2.48. The van der Waals surface area contributed by atoms with Crippen LogP contribution in [0.1, 0.15) is 12.8 Å². The van der Waals surface area contributed by atoms with Crippen LogP contribution in [0.15, 0.2) is 24.3 Å². The predicted molar refractivity (Wildman–Crippen MR) is 87.2 cm³/mol. The highest BCUT2D eigenvalue weighted by atomic mass is 35.5. The van der Waals surface area contributed by atoms with Crippen molar-refractivity contribution in [1.29, 1.82) is 0 Å². The lowest BCUT2D eigenvalue weighted by molar-refractivity contribution is 0.250. The highest BCUT2D eigenvalue weighted by molar-refractivity contribution is 7.18. The molecule has 110 valence electrons. The van der Waals surface area contributed by atoms with Crippen LogP contribution in [0.4, 0.5) is 5.13 Å². The van der Waals surface area contributed by atoms with Gasteiger partial charge in [0.2, 0.25) is 5.13 Å². The van der Waals surface area contributed by atoms with Gasteiger partial charge in [-0.2, -0.15) is 0 Å². The highest BCUT2D eigenvalue weighted by Crippen LogP contribution is 2.33. The molecule has 1 aromatic heterocycles. The molecule has 21 heavy (non-hydrogen) atoms. The van der Waals surface area contributed by atoms with E-state index >= 15 is 0 Å². The SMILES string of the molecule is Clc1cccc(-c2nnc(N3CCN4CCC3CC4)s2)c1. The van der Waals surface area contributed by atoms with Crippen molar-refractivity contribution in [3.8, 4) is 10.6 Å². The molecule has 2 bridgehead atoms. The normalized spacial score (nSPS) is 25.1. The van der Waals surface area contributed by atoms with E-state index in [9.17, 15) is 0 Å². The molecule has 3 fully saturated rings. The summed E-state index contributed by atoms with van der Waals surface area (Å²) in [6.45, 7) is 4.65. The van der Waals surface area contributed by atoms with E-state index in [2.05, 4.69) is 20.0 Å². The van der Waals surface area contributed by atoms with Gasteiger partial charge in [-0.1, -0.05) is 35.1 Å². The van der Waals surface area contributed by atoms with E-state index in [-0.39, 0.29) is 0 Å². The van der Waals surface area contributed by atoms with Crippen molar-refractivity contribution in [3.63, 3.8) is 0 Å². The fourth-order valence-corrected chi connectivity index (χ4v) is 4.34. The first kappa shape index (κ1) is 13.5. The molecule has 3 saturated heterocycles. The Morgan fingerprint density at radius 3 is 2.76 bits per heavy atom. The van der Waals surface area contributed by atoms with Crippen molar-refractivity contribution in [3.05, 3.63) is 29.3 Å². The zero-order chi connectivity index (χ0) is 14.2.